The molecule has 14 heteroatoms. The van der Waals surface area contributed by atoms with Crippen molar-refractivity contribution in [2.24, 2.45) is 0 Å². The zero-order valence-corrected chi connectivity index (χ0v) is 24.0. The molecular weight excluding hydrogens is 611 g/mol. The fraction of sp³-hybridized carbons (Fsp3) is 0.417. The zero-order valence-electron chi connectivity index (χ0n) is 20.8. The molecule has 1 amide bonds. The molecule has 0 unspecified atom stereocenters. The van der Waals surface area contributed by atoms with Gasteiger partial charge in [0.2, 0.25) is 5.91 Å². The Bertz CT molecular complexity index is 1430. The van der Waals surface area contributed by atoms with Crippen molar-refractivity contribution in [3.8, 4) is 0 Å². The van der Waals surface area contributed by atoms with E-state index in [2.05, 4.69) is 27.9 Å². The van der Waals surface area contributed by atoms with E-state index in [-0.39, 0.29) is 22.6 Å². The third kappa shape index (κ3) is 6.58. The Labute approximate surface area is 230 Å². The predicted octanol–water partition coefficient (Wildman–Crippen LogP) is 4.74. The topological polar surface area (TPSA) is 99.9 Å². The number of nitrogens with zero attached hydrogens (tertiary/aromatic N) is 3. The number of hydrogen-bond acceptors (Lipinski definition) is 6. The lowest BCUT2D eigenvalue weighted by atomic mass is 10.0. The minimum Gasteiger partial charge on any atom is -0.475 e. The van der Waals surface area contributed by atoms with Crippen LogP contribution in [0.1, 0.15) is 24.1 Å². The first-order valence-corrected chi connectivity index (χ1v) is 14.5. The number of thiophene rings is 1. The summed E-state index contributed by atoms with van der Waals surface area (Å²) in [5.41, 5.74) is 1.98. The van der Waals surface area contributed by atoms with Crippen LogP contribution < -0.4 is 0 Å². The molecule has 3 heterocycles. The lowest BCUT2D eigenvalue weighted by molar-refractivity contribution is -0.192. The molecule has 1 aromatic carbocycles. The summed E-state index contributed by atoms with van der Waals surface area (Å²) >= 11 is 4.53. The number of halogens is 4. The van der Waals surface area contributed by atoms with E-state index in [1.54, 1.807) is 25.1 Å². The number of carbonyl (C=O) groups is 2. The Kier molecular flexibility index (Phi) is 9.32. The fourth-order valence-corrected chi connectivity index (χ4v) is 7.99. The van der Waals surface area contributed by atoms with Gasteiger partial charge in [0.25, 0.3) is 10.0 Å². The van der Waals surface area contributed by atoms with Gasteiger partial charge < -0.3 is 14.9 Å². The summed E-state index contributed by atoms with van der Waals surface area (Å²) in [6, 6.07) is 11.0. The van der Waals surface area contributed by atoms with E-state index in [1.807, 2.05) is 30.1 Å². The molecule has 0 saturated carbocycles. The SMILES string of the molecule is Cc1c(CC(=O)N(C)C2CCN(C)CC2)c2ccccc2n1S(=O)(=O)c1ccc(Br)s1.O=C(O)C(F)(F)F. The second-order valence-electron chi connectivity index (χ2n) is 8.93. The predicted molar refractivity (Wildman–Crippen MR) is 142 cm³/mol. The highest BCUT2D eigenvalue weighted by Gasteiger charge is 2.38. The maximum Gasteiger partial charge on any atom is 0.490 e. The van der Waals surface area contributed by atoms with Gasteiger partial charge in [0.1, 0.15) is 4.21 Å². The Morgan fingerprint density at radius 1 is 1.16 bits per heavy atom. The van der Waals surface area contributed by atoms with Gasteiger partial charge in [-0.05, 0) is 79.6 Å². The van der Waals surface area contributed by atoms with E-state index >= 15 is 0 Å². The van der Waals surface area contributed by atoms with E-state index in [0.29, 0.717) is 11.2 Å². The van der Waals surface area contributed by atoms with Crippen molar-refractivity contribution >= 4 is 60.1 Å². The van der Waals surface area contributed by atoms with Crippen LogP contribution in [0, 0.1) is 6.92 Å². The molecule has 1 aliphatic heterocycles. The molecule has 1 N–H and O–H groups in total. The van der Waals surface area contributed by atoms with Gasteiger partial charge in [-0.2, -0.15) is 21.6 Å². The van der Waals surface area contributed by atoms with Crippen LogP contribution in [-0.4, -0.2) is 78.6 Å². The standard InChI is InChI=1S/C22H26BrN3O3S2.C2HF3O2/c1-15-18(14-21(27)25(3)16-10-12-24(2)13-11-16)17-6-4-5-7-19(17)26(15)31(28,29)22-9-8-20(23)30-22;3-2(4,5)1(6)7/h4-9,16H,10-14H2,1-3H3;(H,6,7). The first kappa shape index (κ1) is 30.1. The molecule has 0 atom stereocenters. The number of carboxylic acids is 1. The Hall–Kier alpha value is -2.42. The maximum absolute atomic E-state index is 13.4. The Morgan fingerprint density at radius 3 is 2.26 bits per heavy atom. The van der Waals surface area contributed by atoms with Gasteiger partial charge in [-0.15, -0.1) is 11.3 Å². The summed E-state index contributed by atoms with van der Waals surface area (Å²) < 4.78 is 61.0. The summed E-state index contributed by atoms with van der Waals surface area (Å²) in [6.45, 7) is 3.75. The molecule has 38 heavy (non-hydrogen) atoms. The van der Waals surface area contributed by atoms with Gasteiger partial charge in [0, 0.05) is 24.2 Å². The molecule has 0 aliphatic carbocycles. The van der Waals surface area contributed by atoms with Crippen LogP contribution in [-0.2, 0) is 26.0 Å². The van der Waals surface area contributed by atoms with Crippen LogP contribution in [0.25, 0.3) is 10.9 Å². The van der Waals surface area contributed by atoms with E-state index in [9.17, 15) is 26.4 Å². The number of carboxylic acid groups (broad SMARTS) is 1. The maximum atomic E-state index is 13.4. The molecule has 1 fully saturated rings. The molecule has 0 spiro atoms. The number of alkyl halides is 3. The van der Waals surface area contributed by atoms with Crippen molar-refractivity contribution in [3.63, 3.8) is 0 Å². The highest BCUT2D eigenvalue weighted by atomic mass is 79.9. The third-order valence-electron chi connectivity index (χ3n) is 6.43. The minimum atomic E-state index is -5.08. The van der Waals surface area contributed by atoms with Gasteiger partial charge in [0.15, 0.2) is 0 Å². The number of rotatable bonds is 5. The van der Waals surface area contributed by atoms with Crippen LogP contribution in [0.2, 0.25) is 0 Å². The second-order valence-corrected chi connectivity index (χ2v) is 13.4. The van der Waals surface area contributed by atoms with Crippen molar-refractivity contribution in [2.75, 3.05) is 27.2 Å². The molecule has 1 saturated heterocycles. The minimum absolute atomic E-state index is 0.0248. The monoisotopic (exact) mass is 637 g/mol. The molecule has 8 nitrogen and oxygen atoms in total. The van der Waals surface area contributed by atoms with Crippen LogP contribution in [0.5, 0.6) is 0 Å². The van der Waals surface area contributed by atoms with E-state index in [0.717, 1.165) is 40.7 Å². The average Bonchev–Trinajstić information content (AvgIpc) is 3.41. The molecule has 2 aromatic heterocycles. The number of carbonyl (C=O) groups excluding carboxylic acids is 1. The second kappa shape index (κ2) is 11.8. The number of fused-ring (bicyclic) bond motifs is 1. The molecule has 208 valence electrons. The van der Waals surface area contributed by atoms with Gasteiger partial charge >= 0.3 is 12.1 Å². The van der Waals surface area contributed by atoms with Crippen molar-refractivity contribution in [1.82, 2.24) is 13.8 Å². The number of likely N-dealkylation sites (N-methyl/N-ethyl adjacent to an activating group) is 1. The highest BCUT2D eigenvalue weighted by Crippen LogP contribution is 2.34. The number of aromatic nitrogens is 1. The highest BCUT2D eigenvalue weighted by molar-refractivity contribution is 9.11. The van der Waals surface area contributed by atoms with Crippen molar-refractivity contribution in [3.05, 3.63) is 51.4 Å². The average molecular weight is 639 g/mol. The van der Waals surface area contributed by atoms with E-state index < -0.39 is 22.2 Å². The fourth-order valence-electron chi connectivity index (χ4n) is 4.33. The summed E-state index contributed by atoms with van der Waals surface area (Å²) in [7, 11) is 0.205. The van der Waals surface area contributed by atoms with Crippen LogP contribution in [0.4, 0.5) is 13.2 Å². The quantitative estimate of drug-likeness (QED) is 0.434. The molecule has 1 aliphatic rings. The summed E-state index contributed by atoms with van der Waals surface area (Å²) in [5, 5.41) is 7.93. The van der Waals surface area contributed by atoms with Gasteiger partial charge in [-0.1, -0.05) is 18.2 Å². The van der Waals surface area contributed by atoms with Gasteiger partial charge in [-0.3, -0.25) is 4.79 Å². The lowest BCUT2D eigenvalue weighted by Crippen LogP contribution is -2.45. The summed E-state index contributed by atoms with van der Waals surface area (Å²) in [6.07, 6.45) is -2.98. The van der Waals surface area contributed by atoms with Crippen LogP contribution in [0.3, 0.4) is 0 Å². The third-order valence-corrected chi connectivity index (χ3v) is 10.3. The number of benzene rings is 1. The molecule has 0 radical (unpaired) electrons. The largest absolute Gasteiger partial charge is 0.490 e. The van der Waals surface area contributed by atoms with Gasteiger partial charge in [-0.25, -0.2) is 8.77 Å². The van der Waals surface area contributed by atoms with Gasteiger partial charge in [0.05, 0.1) is 15.7 Å². The number of hydrogen-bond donors (Lipinski definition) is 1. The van der Waals surface area contributed by atoms with E-state index in [4.69, 9.17) is 9.90 Å². The molecule has 3 aromatic rings. The molecule has 0 bridgehead atoms. The smallest absolute Gasteiger partial charge is 0.475 e. The number of piperidine rings is 1. The van der Waals surface area contributed by atoms with Crippen molar-refractivity contribution < 1.29 is 36.3 Å². The molecule has 4 rings (SSSR count). The van der Waals surface area contributed by atoms with Crippen molar-refractivity contribution in [1.29, 1.82) is 0 Å². The van der Waals surface area contributed by atoms with Crippen LogP contribution in [0.15, 0.2) is 44.4 Å². The number of aliphatic carboxylic acids is 1. The lowest BCUT2D eigenvalue weighted by Gasteiger charge is -2.35. The normalized spacial score (nSPS) is 15.2. The number of para-hydroxylation sites is 1. The van der Waals surface area contributed by atoms with E-state index in [1.165, 1.54) is 15.3 Å². The Balaban J connectivity index is 0.000000505. The number of likely N-dealkylation sites (tertiary alicyclic amines) is 1. The van der Waals surface area contributed by atoms with Crippen molar-refractivity contribution in [2.45, 2.75) is 42.6 Å². The summed E-state index contributed by atoms with van der Waals surface area (Å²) in [4.78, 5) is 26.2. The van der Waals surface area contributed by atoms with Crippen LogP contribution >= 0.6 is 27.3 Å². The first-order chi connectivity index (χ1) is 17.6. The Morgan fingerprint density at radius 2 is 1.74 bits per heavy atom. The number of amides is 1. The molecular formula is C24H27BrF3N3O5S2. The zero-order chi connectivity index (χ0) is 28.4. The first-order valence-electron chi connectivity index (χ1n) is 11.5. The summed E-state index contributed by atoms with van der Waals surface area (Å²) in [5.74, 6) is -2.73.